The van der Waals surface area contributed by atoms with Crippen molar-refractivity contribution in [3.8, 4) is 5.75 Å². The molecule has 0 fully saturated rings. The van der Waals surface area contributed by atoms with Crippen LogP contribution >= 0.6 is 31.9 Å². The molecular weight excluding hydrogens is 468 g/mol. The summed E-state index contributed by atoms with van der Waals surface area (Å²) in [7, 11) is 0. The minimum absolute atomic E-state index is 0.0167. The first-order chi connectivity index (χ1) is 12.2. The lowest BCUT2D eigenvalue weighted by Gasteiger charge is -2.15. The molecule has 0 heterocycles. The van der Waals surface area contributed by atoms with E-state index in [9.17, 15) is 14.9 Å². The van der Waals surface area contributed by atoms with E-state index in [-0.39, 0.29) is 18.2 Å². The van der Waals surface area contributed by atoms with Crippen molar-refractivity contribution in [3.63, 3.8) is 0 Å². The first kappa shape index (κ1) is 20.4. The molecule has 0 saturated carbocycles. The fourth-order valence-corrected chi connectivity index (χ4v) is 4.14. The van der Waals surface area contributed by atoms with Crippen LogP contribution in [0.5, 0.6) is 5.75 Å². The molecule has 0 radical (unpaired) electrons. The van der Waals surface area contributed by atoms with Gasteiger partial charge in [0.25, 0.3) is 11.6 Å². The summed E-state index contributed by atoms with van der Waals surface area (Å²) in [6.07, 6.45) is 0.566. The summed E-state index contributed by atoms with van der Waals surface area (Å²) in [5, 5.41) is 13.8. The summed E-state index contributed by atoms with van der Waals surface area (Å²) in [5.41, 5.74) is 2.86. The van der Waals surface area contributed by atoms with Gasteiger partial charge >= 0.3 is 0 Å². The van der Waals surface area contributed by atoms with Crippen LogP contribution in [0, 0.1) is 24.0 Å². The normalized spacial score (nSPS) is 10.5. The van der Waals surface area contributed by atoms with Crippen molar-refractivity contribution in [2.45, 2.75) is 27.2 Å². The van der Waals surface area contributed by atoms with Crippen LogP contribution in [0.3, 0.4) is 0 Å². The van der Waals surface area contributed by atoms with Crippen molar-refractivity contribution in [1.29, 1.82) is 0 Å². The lowest BCUT2D eigenvalue weighted by molar-refractivity contribution is -0.384. The molecule has 0 spiro atoms. The summed E-state index contributed by atoms with van der Waals surface area (Å²) in [6.45, 7) is 5.34. The van der Waals surface area contributed by atoms with E-state index in [2.05, 4.69) is 37.2 Å². The molecule has 0 bridgehead atoms. The van der Waals surface area contributed by atoms with Gasteiger partial charge in [-0.15, -0.1) is 0 Å². The van der Waals surface area contributed by atoms with E-state index >= 15 is 0 Å². The van der Waals surface area contributed by atoms with Crippen LogP contribution < -0.4 is 10.1 Å². The Morgan fingerprint density at radius 1 is 1.19 bits per heavy atom. The Morgan fingerprint density at radius 2 is 1.88 bits per heavy atom. The van der Waals surface area contributed by atoms with Gasteiger partial charge in [-0.1, -0.05) is 22.9 Å². The van der Waals surface area contributed by atoms with Crippen molar-refractivity contribution in [2.75, 3.05) is 11.9 Å². The summed E-state index contributed by atoms with van der Waals surface area (Å²) in [5.74, 6) is 0.269. The van der Waals surface area contributed by atoms with Gasteiger partial charge in [0, 0.05) is 22.3 Å². The van der Waals surface area contributed by atoms with Gasteiger partial charge in [0.1, 0.15) is 5.75 Å². The van der Waals surface area contributed by atoms with Gasteiger partial charge in [0.05, 0.1) is 9.40 Å². The first-order valence-electron chi connectivity index (χ1n) is 7.89. The molecule has 2 rings (SSSR count). The predicted molar refractivity (Wildman–Crippen MR) is 108 cm³/mol. The second-order valence-electron chi connectivity index (χ2n) is 5.78. The Bertz CT molecular complexity index is 846. The number of halogens is 2. The Hall–Kier alpha value is -1.93. The monoisotopic (exact) mass is 484 g/mol. The summed E-state index contributed by atoms with van der Waals surface area (Å²) < 4.78 is 7.30. The second kappa shape index (κ2) is 8.64. The van der Waals surface area contributed by atoms with E-state index in [0.29, 0.717) is 29.0 Å². The van der Waals surface area contributed by atoms with Gasteiger partial charge in [-0.3, -0.25) is 14.9 Å². The number of ether oxygens (including phenoxy) is 1. The molecule has 1 N–H and O–H groups in total. The number of hydrogen-bond acceptors (Lipinski definition) is 4. The number of non-ortho nitro benzene ring substituents is 1. The molecule has 8 heteroatoms. The maximum atomic E-state index is 12.3. The van der Waals surface area contributed by atoms with Gasteiger partial charge in [-0.05, 0) is 65.0 Å². The molecule has 26 heavy (non-hydrogen) atoms. The number of carbonyl (C=O) groups is 1. The maximum absolute atomic E-state index is 12.3. The minimum Gasteiger partial charge on any atom is -0.482 e. The maximum Gasteiger partial charge on any atom is 0.270 e. The molecule has 2 aromatic carbocycles. The van der Waals surface area contributed by atoms with Gasteiger partial charge in [-0.2, -0.15) is 0 Å². The highest BCUT2D eigenvalue weighted by Gasteiger charge is 2.16. The zero-order chi connectivity index (χ0) is 19.4. The molecule has 0 aliphatic rings. The van der Waals surface area contributed by atoms with Gasteiger partial charge in [0.15, 0.2) is 6.61 Å². The number of nitro groups is 1. The second-order valence-corrected chi connectivity index (χ2v) is 7.55. The topological polar surface area (TPSA) is 81.5 Å². The number of aryl methyl sites for hydroxylation is 3. The van der Waals surface area contributed by atoms with Gasteiger partial charge in [-0.25, -0.2) is 0 Å². The largest absolute Gasteiger partial charge is 0.482 e. The lowest BCUT2D eigenvalue weighted by Crippen LogP contribution is -2.22. The van der Waals surface area contributed by atoms with Crippen LogP contribution in [0.15, 0.2) is 33.2 Å². The quantitative estimate of drug-likeness (QED) is 0.443. The molecule has 2 aromatic rings. The van der Waals surface area contributed by atoms with Crippen LogP contribution in [-0.4, -0.2) is 17.4 Å². The van der Waals surface area contributed by atoms with E-state index in [4.69, 9.17) is 4.74 Å². The average Bonchev–Trinajstić information content (AvgIpc) is 2.55. The first-order valence-corrected chi connectivity index (χ1v) is 9.47. The molecule has 0 aliphatic carbocycles. The molecule has 0 aliphatic heterocycles. The van der Waals surface area contributed by atoms with Crippen LogP contribution in [-0.2, 0) is 11.2 Å². The SMILES string of the molecule is CCc1cc([N+](=O)[O-])cc(C)c1NC(=O)COc1c(C)cc(Br)cc1Br. The van der Waals surface area contributed by atoms with E-state index in [1.165, 1.54) is 12.1 Å². The van der Waals surface area contributed by atoms with E-state index in [1.54, 1.807) is 6.92 Å². The molecular formula is C18H18Br2N2O4. The van der Waals surface area contributed by atoms with E-state index < -0.39 is 4.92 Å². The molecule has 1 amide bonds. The highest BCUT2D eigenvalue weighted by molar-refractivity contribution is 9.11. The number of nitro benzene ring substituents is 1. The highest BCUT2D eigenvalue weighted by atomic mass is 79.9. The zero-order valence-electron chi connectivity index (χ0n) is 14.6. The summed E-state index contributed by atoms with van der Waals surface area (Å²) in [4.78, 5) is 22.9. The third-order valence-corrected chi connectivity index (χ3v) is 4.85. The Kier molecular flexibility index (Phi) is 6.77. The molecule has 138 valence electrons. The van der Waals surface area contributed by atoms with Crippen LogP contribution in [0.4, 0.5) is 11.4 Å². The van der Waals surface area contributed by atoms with Crippen LogP contribution in [0.25, 0.3) is 0 Å². The van der Waals surface area contributed by atoms with Crippen molar-refractivity contribution in [1.82, 2.24) is 0 Å². The molecule has 0 unspecified atom stereocenters. The fraction of sp³-hybridized carbons (Fsp3) is 0.278. The number of anilines is 1. The fourth-order valence-electron chi connectivity index (χ4n) is 2.59. The average molecular weight is 486 g/mol. The van der Waals surface area contributed by atoms with Crippen molar-refractivity contribution >= 4 is 49.1 Å². The van der Waals surface area contributed by atoms with Crippen LogP contribution in [0.2, 0.25) is 0 Å². The Morgan fingerprint density at radius 3 is 2.46 bits per heavy atom. The summed E-state index contributed by atoms with van der Waals surface area (Å²) >= 11 is 6.82. The number of nitrogens with zero attached hydrogens (tertiary/aromatic N) is 1. The standard InChI is InChI=1S/C18H18Br2N2O4/c1-4-12-7-14(22(24)25)6-10(2)17(12)21-16(23)9-26-18-11(3)5-13(19)8-15(18)20/h5-8H,4,9H2,1-3H3,(H,21,23). The Labute approximate surface area is 168 Å². The van der Waals surface area contributed by atoms with Gasteiger partial charge in [0.2, 0.25) is 0 Å². The third kappa shape index (κ3) is 4.82. The number of rotatable bonds is 6. The molecule has 6 nitrogen and oxygen atoms in total. The number of hydrogen-bond donors (Lipinski definition) is 1. The van der Waals surface area contributed by atoms with Crippen LogP contribution in [0.1, 0.15) is 23.6 Å². The van der Waals surface area contributed by atoms with Gasteiger partial charge < -0.3 is 10.1 Å². The van der Waals surface area contributed by atoms with E-state index in [1.807, 2.05) is 26.0 Å². The zero-order valence-corrected chi connectivity index (χ0v) is 17.7. The molecule has 0 atom stereocenters. The smallest absolute Gasteiger partial charge is 0.270 e. The number of nitrogens with one attached hydrogen (secondary N) is 1. The van der Waals surface area contributed by atoms with Crippen molar-refractivity contribution < 1.29 is 14.5 Å². The summed E-state index contributed by atoms with van der Waals surface area (Å²) in [6, 6.07) is 6.67. The number of carbonyl (C=O) groups excluding carboxylic acids is 1. The van der Waals surface area contributed by atoms with Crippen molar-refractivity contribution in [3.05, 3.63) is 60.0 Å². The number of benzene rings is 2. The van der Waals surface area contributed by atoms with Crippen molar-refractivity contribution in [2.24, 2.45) is 0 Å². The molecule has 0 aromatic heterocycles. The number of amides is 1. The Balaban J connectivity index is 2.15. The third-order valence-electron chi connectivity index (χ3n) is 3.80. The lowest BCUT2D eigenvalue weighted by atomic mass is 10.0. The molecule has 0 saturated heterocycles. The minimum atomic E-state index is -0.436. The predicted octanol–water partition coefficient (Wildman–Crippen LogP) is 5.32. The highest BCUT2D eigenvalue weighted by Crippen LogP contribution is 2.32. The van der Waals surface area contributed by atoms with E-state index in [0.717, 1.165) is 14.5 Å².